The number of carbonyl (C=O) groups is 1. The maximum absolute atomic E-state index is 13.0. The van der Waals surface area contributed by atoms with Crippen LogP contribution in [0, 0.1) is 13.8 Å². The Kier molecular flexibility index (Phi) is 6.80. The molecule has 1 N–H and O–H groups in total. The van der Waals surface area contributed by atoms with Crippen LogP contribution in [0.25, 0.3) is 10.9 Å². The van der Waals surface area contributed by atoms with Crippen LogP contribution in [0.15, 0.2) is 50.8 Å². The van der Waals surface area contributed by atoms with E-state index >= 15 is 0 Å². The summed E-state index contributed by atoms with van der Waals surface area (Å²) in [6.45, 7) is 8.37. The van der Waals surface area contributed by atoms with Crippen molar-refractivity contribution in [2.75, 3.05) is 5.32 Å². The number of hydrogen-bond donors (Lipinski definition) is 1. The molecule has 0 aliphatic heterocycles. The van der Waals surface area contributed by atoms with Crippen molar-refractivity contribution in [2.24, 2.45) is 0 Å². The lowest BCUT2D eigenvalue weighted by molar-refractivity contribution is -0.115. The van der Waals surface area contributed by atoms with Gasteiger partial charge in [-0.15, -0.1) is 0 Å². The standard InChI is InChI=1S/C22H24BrN3O2S/c1-5-10-26-21(28)17-12-16(23)8-9-18(17)25-22(26)29-15(4)20(27)24-19-11-13(2)6-7-14(19)3/h6-9,11-12,15H,5,10H2,1-4H3,(H,24,27). The van der Waals surface area contributed by atoms with Crippen LogP contribution in [0.3, 0.4) is 0 Å². The van der Waals surface area contributed by atoms with Crippen LogP contribution >= 0.6 is 27.7 Å². The summed E-state index contributed by atoms with van der Waals surface area (Å²) in [6, 6.07) is 11.5. The van der Waals surface area contributed by atoms with E-state index in [2.05, 4.69) is 26.2 Å². The summed E-state index contributed by atoms with van der Waals surface area (Å²) in [5.41, 5.74) is 3.46. The zero-order chi connectivity index (χ0) is 21.1. The van der Waals surface area contributed by atoms with E-state index in [1.807, 2.05) is 58.0 Å². The molecular weight excluding hydrogens is 450 g/mol. The molecule has 0 radical (unpaired) electrons. The molecule has 0 spiro atoms. The van der Waals surface area contributed by atoms with Crippen LogP contribution < -0.4 is 10.9 Å². The highest BCUT2D eigenvalue weighted by atomic mass is 79.9. The van der Waals surface area contributed by atoms with E-state index in [1.54, 1.807) is 10.6 Å². The van der Waals surface area contributed by atoms with Crippen LogP contribution in [-0.2, 0) is 11.3 Å². The quantitative estimate of drug-likeness (QED) is 0.389. The molecule has 29 heavy (non-hydrogen) atoms. The van der Waals surface area contributed by atoms with Gasteiger partial charge in [0.25, 0.3) is 5.56 Å². The Morgan fingerprint density at radius 3 is 2.72 bits per heavy atom. The molecule has 0 bridgehead atoms. The van der Waals surface area contributed by atoms with E-state index in [1.165, 1.54) is 11.8 Å². The minimum absolute atomic E-state index is 0.0808. The predicted molar refractivity (Wildman–Crippen MR) is 124 cm³/mol. The molecule has 2 aromatic carbocycles. The van der Waals surface area contributed by atoms with Crippen LogP contribution in [0.4, 0.5) is 5.69 Å². The first-order valence-corrected chi connectivity index (χ1v) is 11.2. The lowest BCUT2D eigenvalue weighted by Gasteiger charge is -2.17. The fourth-order valence-electron chi connectivity index (χ4n) is 3.00. The normalized spacial score (nSPS) is 12.2. The van der Waals surface area contributed by atoms with Crippen molar-refractivity contribution in [1.29, 1.82) is 0 Å². The first-order chi connectivity index (χ1) is 13.8. The van der Waals surface area contributed by atoms with Gasteiger partial charge in [0.1, 0.15) is 0 Å². The van der Waals surface area contributed by atoms with Gasteiger partial charge in [-0.1, -0.05) is 46.7 Å². The van der Waals surface area contributed by atoms with Crippen LogP contribution in [-0.4, -0.2) is 20.7 Å². The van der Waals surface area contributed by atoms with E-state index in [-0.39, 0.29) is 11.5 Å². The Morgan fingerprint density at radius 2 is 2.00 bits per heavy atom. The lowest BCUT2D eigenvalue weighted by Crippen LogP contribution is -2.27. The third-order valence-corrected chi connectivity index (χ3v) is 6.21. The van der Waals surface area contributed by atoms with Gasteiger partial charge in [-0.25, -0.2) is 4.98 Å². The molecule has 152 valence electrons. The van der Waals surface area contributed by atoms with Crippen LogP contribution in [0.2, 0.25) is 0 Å². The summed E-state index contributed by atoms with van der Waals surface area (Å²) < 4.78 is 2.51. The second kappa shape index (κ2) is 9.13. The second-order valence-electron chi connectivity index (χ2n) is 7.08. The first-order valence-electron chi connectivity index (χ1n) is 9.55. The molecule has 3 rings (SSSR count). The van der Waals surface area contributed by atoms with Crippen molar-refractivity contribution in [2.45, 2.75) is 51.1 Å². The Hall–Kier alpha value is -2.12. The minimum Gasteiger partial charge on any atom is -0.325 e. The van der Waals surface area contributed by atoms with Gasteiger partial charge >= 0.3 is 0 Å². The molecule has 1 atom stereocenters. The number of nitrogens with one attached hydrogen (secondary N) is 1. The fourth-order valence-corrected chi connectivity index (χ4v) is 4.30. The molecule has 1 amide bonds. The second-order valence-corrected chi connectivity index (χ2v) is 9.30. The number of nitrogens with zero attached hydrogens (tertiary/aromatic N) is 2. The number of rotatable bonds is 6. The number of thioether (sulfide) groups is 1. The molecule has 7 heteroatoms. The van der Waals surface area contributed by atoms with E-state index in [0.29, 0.717) is 22.6 Å². The van der Waals surface area contributed by atoms with Gasteiger partial charge in [-0.05, 0) is 62.6 Å². The Morgan fingerprint density at radius 1 is 1.24 bits per heavy atom. The number of aromatic nitrogens is 2. The van der Waals surface area contributed by atoms with Crippen molar-refractivity contribution in [1.82, 2.24) is 9.55 Å². The Balaban J connectivity index is 1.90. The van der Waals surface area contributed by atoms with Gasteiger partial charge < -0.3 is 5.32 Å². The number of amides is 1. The average molecular weight is 474 g/mol. The molecule has 0 fully saturated rings. The van der Waals surface area contributed by atoms with Gasteiger partial charge in [-0.3, -0.25) is 14.2 Å². The Labute approximate surface area is 183 Å². The summed E-state index contributed by atoms with van der Waals surface area (Å²) in [5, 5.41) is 3.73. The first kappa shape index (κ1) is 21.6. The van der Waals surface area contributed by atoms with Gasteiger partial charge in [0, 0.05) is 16.7 Å². The monoisotopic (exact) mass is 473 g/mol. The smallest absolute Gasteiger partial charge is 0.262 e. The van der Waals surface area contributed by atoms with Crippen LogP contribution in [0.1, 0.15) is 31.4 Å². The lowest BCUT2D eigenvalue weighted by atomic mass is 10.1. The van der Waals surface area contributed by atoms with Gasteiger partial charge in [0.15, 0.2) is 5.16 Å². The van der Waals surface area contributed by atoms with E-state index in [4.69, 9.17) is 0 Å². The number of anilines is 1. The molecule has 1 unspecified atom stereocenters. The SMILES string of the molecule is CCCn1c(SC(C)C(=O)Nc2cc(C)ccc2C)nc2ccc(Br)cc2c1=O. The van der Waals surface area contributed by atoms with Crippen molar-refractivity contribution in [3.05, 3.63) is 62.4 Å². The molecule has 1 heterocycles. The number of fused-ring (bicyclic) bond motifs is 1. The van der Waals surface area contributed by atoms with Crippen molar-refractivity contribution < 1.29 is 4.79 Å². The maximum atomic E-state index is 13.0. The summed E-state index contributed by atoms with van der Waals surface area (Å²) in [4.78, 5) is 30.5. The third kappa shape index (κ3) is 4.90. The average Bonchev–Trinajstić information content (AvgIpc) is 2.68. The van der Waals surface area contributed by atoms with Gasteiger partial charge in [0.05, 0.1) is 16.2 Å². The van der Waals surface area contributed by atoms with Gasteiger partial charge in [0.2, 0.25) is 5.91 Å². The molecule has 0 aliphatic rings. The molecule has 5 nitrogen and oxygen atoms in total. The fraction of sp³-hybridized carbons (Fsp3) is 0.318. The molecule has 3 aromatic rings. The zero-order valence-electron chi connectivity index (χ0n) is 17.0. The Bertz CT molecular complexity index is 1130. The highest BCUT2D eigenvalue weighted by Crippen LogP contribution is 2.26. The van der Waals surface area contributed by atoms with E-state index < -0.39 is 5.25 Å². The highest BCUT2D eigenvalue weighted by molar-refractivity contribution is 9.10. The molecule has 1 aromatic heterocycles. The van der Waals surface area contributed by atoms with Crippen molar-refractivity contribution >= 4 is 50.2 Å². The minimum atomic E-state index is -0.405. The number of benzene rings is 2. The largest absolute Gasteiger partial charge is 0.325 e. The predicted octanol–water partition coefficient (Wildman–Crippen LogP) is 5.31. The molecule has 0 aliphatic carbocycles. The number of aryl methyl sites for hydroxylation is 2. The van der Waals surface area contributed by atoms with E-state index in [9.17, 15) is 9.59 Å². The van der Waals surface area contributed by atoms with Crippen molar-refractivity contribution in [3.63, 3.8) is 0 Å². The topological polar surface area (TPSA) is 64.0 Å². The molecule has 0 saturated heterocycles. The van der Waals surface area contributed by atoms with Gasteiger partial charge in [-0.2, -0.15) is 0 Å². The summed E-state index contributed by atoms with van der Waals surface area (Å²) in [7, 11) is 0. The molecular formula is C22H24BrN3O2S. The number of halogens is 1. The summed E-state index contributed by atoms with van der Waals surface area (Å²) in [6.07, 6.45) is 0.803. The molecule has 0 saturated carbocycles. The third-order valence-electron chi connectivity index (χ3n) is 4.63. The highest BCUT2D eigenvalue weighted by Gasteiger charge is 2.20. The van der Waals surface area contributed by atoms with Crippen LogP contribution in [0.5, 0.6) is 0 Å². The zero-order valence-corrected chi connectivity index (χ0v) is 19.4. The number of carbonyl (C=O) groups excluding carboxylic acids is 1. The maximum Gasteiger partial charge on any atom is 0.262 e. The summed E-state index contributed by atoms with van der Waals surface area (Å²) >= 11 is 4.73. The van der Waals surface area contributed by atoms with Crippen molar-refractivity contribution in [3.8, 4) is 0 Å². The van der Waals surface area contributed by atoms with E-state index in [0.717, 1.165) is 27.7 Å². The number of hydrogen-bond acceptors (Lipinski definition) is 4. The summed E-state index contributed by atoms with van der Waals surface area (Å²) in [5.74, 6) is -0.114.